The lowest BCUT2D eigenvalue weighted by Gasteiger charge is -2.05. The van der Waals surface area contributed by atoms with Gasteiger partial charge in [-0.05, 0) is 23.6 Å². The van der Waals surface area contributed by atoms with Gasteiger partial charge in [-0.15, -0.1) is 0 Å². The van der Waals surface area contributed by atoms with Crippen LogP contribution in [0.2, 0.25) is 0 Å². The van der Waals surface area contributed by atoms with Crippen LogP contribution in [0.4, 0.5) is 0 Å². The van der Waals surface area contributed by atoms with Crippen molar-refractivity contribution in [2.45, 2.75) is 0 Å². The van der Waals surface area contributed by atoms with Crippen molar-refractivity contribution in [3.8, 4) is 5.69 Å². The SMILES string of the molecule is O=c1ccn(-c2ccc3cnccc3c2)nc1. The molecule has 0 aliphatic rings. The van der Waals surface area contributed by atoms with Crippen molar-refractivity contribution in [1.29, 1.82) is 0 Å². The third-order valence-electron chi connectivity index (χ3n) is 2.58. The molecule has 0 spiro atoms. The van der Waals surface area contributed by atoms with Crippen LogP contribution < -0.4 is 5.43 Å². The Morgan fingerprint density at radius 3 is 2.76 bits per heavy atom. The minimum absolute atomic E-state index is 0.0914. The number of nitrogens with zero attached hydrogens (tertiary/aromatic N) is 3. The van der Waals surface area contributed by atoms with Crippen LogP contribution in [0, 0.1) is 0 Å². The summed E-state index contributed by atoms with van der Waals surface area (Å²) in [5.74, 6) is 0. The highest BCUT2D eigenvalue weighted by molar-refractivity contribution is 5.83. The molecule has 4 nitrogen and oxygen atoms in total. The maximum atomic E-state index is 11.0. The zero-order valence-electron chi connectivity index (χ0n) is 8.95. The van der Waals surface area contributed by atoms with Crippen LogP contribution in [0.1, 0.15) is 0 Å². The Kier molecular flexibility index (Phi) is 2.19. The molecule has 0 atom stereocenters. The van der Waals surface area contributed by atoms with Gasteiger partial charge in [-0.1, -0.05) is 6.07 Å². The number of pyridine rings is 1. The Bertz CT molecular complexity index is 713. The molecule has 2 heterocycles. The highest BCUT2D eigenvalue weighted by atomic mass is 16.1. The lowest BCUT2D eigenvalue weighted by Crippen LogP contribution is -2.06. The van der Waals surface area contributed by atoms with E-state index >= 15 is 0 Å². The second-order valence-corrected chi connectivity index (χ2v) is 3.71. The number of hydrogen-bond acceptors (Lipinski definition) is 3. The van der Waals surface area contributed by atoms with Gasteiger partial charge in [0.05, 0.1) is 11.9 Å². The summed E-state index contributed by atoms with van der Waals surface area (Å²) in [7, 11) is 0. The summed E-state index contributed by atoms with van der Waals surface area (Å²) in [5.41, 5.74) is 0.829. The van der Waals surface area contributed by atoms with Crippen LogP contribution in [0.3, 0.4) is 0 Å². The van der Waals surface area contributed by atoms with Crippen molar-refractivity contribution in [1.82, 2.24) is 14.8 Å². The summed E-state index contributed by atoms with van der Waals surface area (Å²) in [6.45, 7) is 0. The van der Waals surface area contributed by atoms with Gasteiger partial charge in [0.2, 0.25) is 0 Å². The summed E-state index contributed by atoms with van der Waals surface area (Å²) in [4.78, 5) is 15.0. The van der Waals surface area contributed by atoms with Crippen LogP contribution >= 0.6 is 0 Å². The Hall–Kier alpha value is -2.49. The summed E-state index contributed by atoms with van der Waals surface area (Å²) < 4.78 is 1.67. The summed E-state index contributed by atoms with van der Waals surface area (Å²) >= 11 is 0. The van der Waals surface area contributed by atoms with Gasteiger partial charge in [-0.25, -0.2) is 4.68 Å². The zero-order valence-corrected chi connectivity index (χ0v) is 8.95. The fourth-order valence-electron chi connectivity index (χ4n) is 1.71. The van der Waals surface area contributed by atoms with Gasteiger partial charge in [0.25, 0.3) is 0 Å². The van der Waals surface area contributed by atoms with Crippen LogP contribution in [0.15, 0.2) is 59.9 Å². The molecule has 17 heavy (non-hydrogen) atoms. The normalized spacial score (nSPS) is 10.6. The summed E-state index contributed by atoms with van der Waals surface area (Å²) in [6.07, 6.45) is 6.53. The Labute approximate surface area is 97.2 Å². The van der Waals surface area contributed by atoms with Gasteiger partial charge in [0.15, 0.2) is 5.43 Å². The van der Waals surface area contributed by atoms with Crippen LogP contribution in [-0.4, -0.2) is 14.8 Å². The Morgan fingerprint density at radius 1 is 1.00 bits per heavy atom. The molecule has 0 unspecified atom stereocenters. The number of rotatable bonds is 1. The lowest BCUT2D eigenvalue weighted by molar-refractivity contribution is 0.837. The van der Waals surface area contributed by atoms with Crippen LogP contribution in [0.25, 0.3) is 16.5 Å². The van der Waals surface area contributed by atoms with E-state index in [1.165, 1.54) is 12.3 Å². The minimum atomic E-state index is -0.0914. The molecule has 3 rings (SSSR count). The molecule has 0 fully saturated rings. The van der Waals surface area contributed by atoms with E-state index in [4.69, 9.17) is 0 Å². The predicted molar refractivity (Wildman–Crippen MR) is 65.1 cm³/mol. The molecule has 0 saturated heterocycles. The predicted octanol–water partition coefficient (Wildman–Crippen LogP) is 1.78. The van der Waals surface area contributed by atoms with E-state index in [1.54, 1.807) is 17.1 Å². The van der Waals surface area contributed by atoms with Crippen molar-refractivity contribution in [3.05, 3.63) is 65.3 Å². The molecule has 0 amide bonds. The van der Waals surface area contributed by atoms with E-state index in [1.807, 2.05) is 30.5 Å². The molecule has 0 aliphatic carbocycles. The standard InChI is InChI=1S/C13H9N3O/c17-13-4-6-16(15-9-13)12-2-1-11-8-14-5-3-10(11)7-12/h1-9H. The minimum Gasteiger partial charge on any atom is -0.288 e. The molecule has 2 aromatic heterocycles. The maximum Gasteiger partial charge on any atom is 0.200 e. The fourth-order valence-corrected chi connectivity index (χ4v) is 1.71. The van der Waals surface area contributed by atoms with Crippen molar-refractivity contribution in [2.24, 2.45) is 0 Å². The van der Waals surface area contributed by atoms with Crippen LogP contribution in [0.5, 0.6) is 0 Å². The van der Waals surface area contributed by atoms with Crippen molar-refractivity contribution >= 4 is 10.8 Å². The third-order valence-corrected chi connectivity index (χ3v) is 2.58. The zero-order chi connectivity index (χ0) is 11.7. The lowest BCUT2D eigenvalue weighted by atomic mass is 10.1. The second-order valence-electron chi connectivity index (χ2n) is 3.71. The summed E-state index contributed by atoms with van der Waals surface area (Å²) in [6, 6.07) is 9.37. The largest absolute Gasteiger partial charge is 0.288 e. The number of hydrogen-bond donors (Lipinski definition) is 0. The molecule has 1 aromatic carbocycles. The van der Waals surface area contributed by atoms with E-state index < -0.39 is 0 Å². The van der Waals surface area contributed by atoms with Crippen LogP contribution in [-0.2, 0) is 0 Å². The Morgan fingerprint density at radius 2 is 1.94 bits per heavy atom. The summed E-state index contributed by atoms with van der Waals surface area (Å²) in [5, 5.41) is 6.22. The topological polar surface area (TPSA) is 47.8 Å². The molecule has 3 aromatic rings. The fraction of sp³-hybridized carbons (Fsp3) is 0. The monoisotopic (exact) mass is 223 g/mol. The molecule has 82 valence electrons. The van der Waals surface area contributed by atoms with Gasteiger partial charge >= 0.3 is 0 Å². The molecular weight excluding hydrogens is 214 g/mol. The first-order chi connectivity index (χ1) is 8.33. The van der Waals surface area contributed by atoms with Crippen molar-refractivity contribution in [2.75, 3.05) is 0 Å². The quantitative estimate of drug-likeness (QED) is 0.631. The van der Waals surface area contributed by atoms with Gasteiger partial charge in [-0.3, -0.25) is 9.78 Å². The van der Waals surface area contributed by atoms with Gasteiger partial charge in [-0.2, -0.15) is 5.10 Å². The van der Waals surface area contributed by atoms with E-state index in [0.29, 0.717) is 0 Å². The maximum absolute atomic E-state index is 11.0. The highest BCUT2D eigenvalue weighted by Crippen LogP contribution is 2.16. The first kappa shape index (κ1) is 9.72. The van der Waals surface area contributed by atoms with E-state index in [0.717, 1.165) is 16.5 Å². The first-order valence-corrected chi connectivity index (χ1v) is 5.22. The molecule has 4 heteroatoms. The molecule has 0 saturated carbocycles. The number of aromatic nitrogens is 3. The molecule has 0 N–H and O–H groups in total. The van der Waals surface area contributed by atoms with E-state index in [-0.39, 0.29) is 5.43 Å². The molecule has 0 aliphatic heterocycles. The second kappa shape index (κ2) is 3.83. The Balaban J connectivity index is 2.17. The third kappa shape index (κ3) is 1.80. The molecule has 0 radical (unpaired) electrons. The first-order valence-electron chi connectivity index (χ1n) is 5.22. The van der Waals surface area contributed by atoms with Gasteiger partial charge in [0, 0.05) is 30.0 Å². The average Bonchev–Trinajstić information content (AvgIpc) is 2.39. The van der Waals surface area contributed by atoms with E-state index in [9.17, 15) is 4.79 Å². The smallest absolute Gasteiger partial charge is 0.200 e. The van der Waals surface area contributed by atoms with Crippen molar-refractivity contribution in [3.63, 3.8) is 0 Å². The molecule has 0 bridgehead atoms. The van der Waals surface area contributed by atoms with E-state index in [2.05, 4.69) is 10.1 Å². The van der Waals surface area contributed by atoms with Crippen molar-refractivity contribution < 1.29 is 0 Å². The highest BCUT2D eigenvalue weighted by Gasteiger charge is 1.98. The molecular formula is C13H9N3O. The average molecular weight is 223 g/mol. The number of fused-ring (bicyclic) bond motifs is 1. The van der Waals surface area contributed by atoms with Gasteiger partial charge < -0.3 is 0 Å². The van der Waals surface area contributed by atoms with Gasteiger partial charge in [0.1, 0.15) is 0 Å². The number of benzene rings is 1.